The van der Waals surface area contributed by atoms with Gasteiger partial charge in [0.25, 0.3) is 0 Å². The molecule has 2 amide bonds. The average molecular weight is 374 g/mol. The van der Waals surface area contributed by atoms with E-state index in [1.807, 2.05) is 25.1 Å². The molecular formula is C22H22N4O2. The third-order valence-corrected chi connectivity index (χ3v) is 6.80. The van der Waals surface area contributed by atoms with Crippen molar-refractivity contribution in [1.29, 1.82) is 5.26 Å². The molecule has 1 N–H and O–H groups in total. The van der Waals surface area contributed by atoms with Crippen LogP contribution in [0.1, 0.15) is 38.2 Å². The summed E-state index contributed by atoms with van der Waals surface area (Å²) >= 11 is 0. The SMILES string of the molecule is CCC(=O)N1CC(C(=O)Nc2cc3cc([C@@]4(C#N)CC45CC5)ccc3cn2)C1. The first-order chi connectivity index (χ1) is 13.5. The lowest BCUT2D eigenvalue weighted by Crippen LogP contribution is -2.54. The summed E-state index contributed by atoms with van der Waals surface area (Å²) < 4.78 is 0. The molecule has 5 rings (SSSR count). The van der Waals surface area contributed by atoms with Gasteiger partial charge >= 0.3 is 0 Å². The number of nitriles is 1. The van der Waals surface area contributed by atoms with Crippen LogP contribution in [0.3, 0.4) is 0 Å². The van der Waals surface area contributed by atoms with Gasteiger partial charge in [0.2, 0.25) is 11.8 Å². The zero-order valence-electron chi connectivity index (χ0n) is 15.9. The lowest BCUT2D eigenvalue weighted by molar-refractivity contribution is -0.140. The second kappa shape index (κ2) is 5.78. The number of hydrogen-bond acceptors (Lipinski definition) is 4. The van der Waals surface area contributed by atoms with Crippen LogP contribution in [0, 0.1) is 22.7 Å². The van der Waals surface area contributed by atoms with Crippen molar-refractivity contribution in [1.82, 2.24) is 9.88 Å². The van der Waals surface area contributed by atoms with Gasteiger partial charge in [-0.2, -0.15) is 5.26 Å². The highest BCUT2D eigenvalue weighted by Gasteiger charge is 2.75. The Balaban J connectivity index is 1.33. The highest BCUT2D eigenvalue weighted by molar-refractivity contribution is 5.96. The van der Waals surface area contributed by atoms with Crippen LogP contribution in [-0.2, 0) is 15.0 Å². The minimum absolute atomic E-state index is 0.0836. The number of hydrogen-bond donors (Lipinski definition) is 1. The second-order valence-corrected chi connectivity index (χ2v) is 8.44. The second-order valence-electron chi connectivity index (χ2n) is 8.44. The van der Waals surface area contributed by atoms with Crippen molar-refractivity contribution >= 4 is 28.4 Å². The zero-order chi connectivity index (χ0) is 19.5. The van der Waals surface area contributed by atoms with Crippen molar-refractivity contribution in [2.24, 2.45) is 11.3 Å². The van der Waals surface area contributed by atoms with Gasteiger partial charge in [-0.3, -0.25) is 9.59 Å². The van der Waals surface area contributed by atoms with E-state index in [0.717, 1.165) is 35.6 Å². The molecular weight excluding hydrogens is 352 g/mol. The van der Waals surface area contributed by atoms with E-state index in [2.05, 4.69) is 22.4 Å². The van der Waals surface area contributed by atoms with Gasteiger partial charge in [-0.05, 0) is 47.8 Å². The smallest absolute Gasteiger partial charge is 0.232 e. The van der Waals surface area contributed by atoms with Gasteiger partial charge in [0, 0.05) is 31.1 Å². The van der Waals surface area contributed by atoms with Gasteiger partial charge in [-0.25, -0.2) is 4.98 Å². The predicted molar refractivity (Wildman–Crippen MR) is 104 cm³/mol. The first kappa shape index (κ1) is 17.2. The van der Waals surface area contributed by atoms with Gasteiger partial charge < -0.3 is 10.2 Å². The Morgan fingerprint density at radius 3 is 2.71 bits per heavy atom. The van der Waals surface area contributed by atoms with Crippen molar-refractivity contribution < 1.29 is 9.59 Å². The maximum absolute atomic E-state index is 12.4. The van der Waals surface area contributed by atoms with Crippen LogP contribution in [0.5, 0.6) is 0 Å². The number of benzene rings is 1. The Kier molecular flexibility index (Phi) is 3.54. The highest BCUT2D eigenvalue weighted by atomic mass is 16.2. The number of nitrogens with zero attached hydrogens (tertiary/aromatic N) is 3. The van der Waals surface area contributed by atoms with Crippen LogP contribution in [-0.4, -0.2) is 34.8 Å². The topological polar surface area (TPSA) is 86.1 Å². The predicted octanol–water partition coefficient (Wildman–Crippen LogP) is 2.99. The van der Waals surface area contributed by atoms with Crippen LogP contribution in [0.2, 0.25) is 0 Å². The molecule has 3 aliphatic rings. The molecule has 1 aromatic heterocycles. The van der Waals surface area contributed by atoms with E-state index >= 15 is 0 Å². The third kappa shape index (κ3) is 2.42. The van der Waals surface area contributed by atoms with Crippen LogP contribution in [0.15, 0.2) is 30.5 Å². The molecule has 1 aromatic carbocycles. The van der Waals surface area contributed by atoms with Gasteiger partial charge in [-0.15, -0.1) is 0 Å². The molecule has 3 fully saturated rings. The molecule has 0 unspecified atom stereocenters. The van der Waals surface area contributed by atoms with Crippen molar-refractivity contribution in [2.45, 2.75) is 38.0 Å². The number of fused-ring (bicyclic) bond motifs is 1. The molecule has 28 heavy (non-hydrogen) atoms. The van der Waals surface area contributed by atoms with E-state index in [-0.39, 0.29) is 28.6 Å². The van der Waals surface area contributed by atoms with Crippen LogP contribution >= 0.6 is 0 Å². The van der Waals surface area contributed by atoms with E-state index in [9.17, 15) is 14.9 Å². The van der Waals surface area contributed by atoms with Crippen LogP contribution < -0.4 is 5.32 Å². The van der Waals surface area contributed by atoms with Gasteiger partial charge in [-0.1, -0.05) is 19.1 Å². The monoisotopic (exact) mass is 374 g/mol. The lowest BCUT2D eigenvalue weighted by atomic mass is 9.92. The number of amides is 2. The largest absolute Gasteiger partial charge is 0.341 e. The molecule has 1 atom stereocenters. The number of anilines is 1. The summed E-state index contributed by atoms with van der Waals surface area (Å²) in [6.07, 6.45) is 5.48. The van der Waals surface area contributed by atoms with E-state index in [1.165, 1.54) is 0 Å². The normalized spacial score (nSPS) is 24.5. The average Bonchev–Trinajstić information content (AvgIpc) is 3.58. The Bertz CT molecular complexity index is 1050. The highest BCUT2D eigenvalue weighted by Crippen LogP contribution is 2.78. The maximum Gasteiger partial charge on any atom is 0.232 e. The minimum atomic E-state index is -0.324. The Labute approximate surface area is 163 Å². The molecule has 1 aliphatic heterocycles. The summed E-state index contributed by atoms with van der Waals surface area (Å²) in [7, 11) is 0. The van der Waals surface area contributed by atoms with Crippen molar-refractivity contribution in [3.8, 4) is 6.07 Å². The Hall–Kier alpha value is -2.94. The van der Waals surface area contributed by atoms with Gasteiger partial charge in [0.05, 0.1) is 17.4 Å². The molecule has 2 heterocycles. The number of likely N-dealkylation sites (tertiary alicyclic amines) is 1. The van der Waals surface area contributed by atoms with Crippen LogP contribution in [0.4, 0.5) is 5.82 Å². The number of carbonyl (C=O) groups is 2. The summed E-state index contributed by atoms with van der Waals surface area (Å²) in [6.45, 7) is 2.78. The van der Waals surface area contributed by atoms with Gasteiger partial charge in [0.15, 0.2) is 0 Å². The number of pyridine rings is 1. The number of aromatic nitrogens is 1. The third-order valence-electron chi connectivity index (χ3n) is 6.80. The fourth-order valence-electron chi connectivity index (χ4n) is 4.62. The summed E-state index contributed by atoms with van der Waals surface area (Å²) in [6, 6.07) is 10.6. The number of rotatable bonds is 4. The quantitative estimate of drug-likeness (QED) is 0.891. The summed E-state index contributed by atoms with van der Waals surface area (Å²) in [4.78, 5) is 30.1. The maximum atomic E-state index is 12.4. The lowest BCUT2D eigenvalue weighted by Gasteiger charge is -2.38. The minimum Gasteiger partial charge on any atom is -0.341 e. The van der Waals surface area contributed by atoms with E-state index in [0.29, 0.717) is 25.3 Å². The van der Waals surface area contributed by atoms with E-state index in [1.54, 1.807) is 11.1 Å². The molecule has 0 radical (unpaired) electrons. The number of nitrogens with one attached hydrogen (secondary N) is 1. The number of carbonyl (C=O) groups excluding carboxylic acids is 2. The summed E-state index contributed by atoms with van der Waals surface area (Å²) in [5.41, 5.74) is 0.983. The fourth-order valence-corrected chi connectivity index (χ4v) is 4.62. The van der Waals surface area contributed by atoms with Gasteiger partial charge in [0.1, 0.15) is 5.82 Å². The Morgan fingerprint density at radius 2 is 2.07 bits per heavy atom. The van der Waals surface area contributed by atoms with Crippen molar-refractivity contribution in [2.75, 3.05) is 18.4 Å². The molecule has 2 aliphatic carbocycles. The molecule has 0 bridgehead atoms. The summed E-state index contributed by atoms with van der Waals surface area (Å²) in [5.74, 6) is 0.316. The molecule has 1 spiro atoms. The van der Waals surface area contributed by atoms with E-state index < -0.39 is 0 Å². The van der Waals surface area contributed by atoms with Crippen molar-refractivity contribution in [3.05, 3.63) is 36.0 Å². The zero-order valence-corrected chi connectivity index (χ0v) is 15.9. The molecule has 2 saturated carbocycles. The molecule has 6 nitrogen and oxygen atoms in total. The Morgan fingerprint density at radius 1 is 1.29 bits per heavy atom. The molecule has 142 valence electrons. The summed E-state index contributed by atoms with van der Waals surface area (Å²) in [5, 5.41) is 14.6. The first-order valence-corrected chi connectivity index (χ1v) is 9.90. The standard InChI is InChI=1S/C22H22N4O2/c1-2-19(27)26-10-16(11-26)20(28)25-18-8-15-7-17(4-3-14(15)9-24-18)22(13-23)12-21(22)5-6-21/h3-4,7-9,16H,2,5-6,10-12H2,1H3,(H,24,25,28)/t22-/m0/s1. The molecule has 2 aromatic rings. The first-order valence-electron chi connectivity index (χ1n) is 9.90. The van der Waals surface area contributed by atoms with Crippen LogP contribution in [0.25, 0.3) is 10.8 Å². The van der Waals surface area contributed by atoms with Crippen molar-refractivity contribution in [3.63, 3.8) is 0 Å². The van der Waals surface area contributed by atoms with E-state index in [4.69, 9.17) is 0 Å². The molecule has 6 heteroatoms. The fraction of sp³-hybridized carbons (Fsp3) is 0.455. The molecule has 1 saturated heterocycles.